The van der Waals surface area contributed by atoms with Gasteiger partial charge < -0.3 is 5.11 Å². The number of carbonyl (C=O) groups excluding carboxylic acids is 1. The molecule has 94 valence electrons. The second kappa shape index (κ2) is 5.36. The van der Waals surface area contributed by atoms with Crippen LogP contribution in [0.2, 0.25) is 0 Å². The molecule has 0 aliphatic heterocycles. The molecule has 0 unspecified atom stereocenters. The maximum absolute atomic E-state index is 12.0. The van der Waals surface area contributed by atoms with Crippen molar-refractivity contribution in [3.8, 4) is 11.8 Å². The third kappa shape index (κ3) is 3.44. The first-order valence-corrected chi connectivity index (χ1v) is 6.20. The molecule has 0 radical (unpaired) electrons. The van der Waals surface area contributed by atoms with Crippen molar-refractivity contribution in [1.82, 2.24) is 0 Å². The molecule has 0 amide bonds. The largest absolute Gasteiger partial charge is 0.507 e. The number of benzene rings is 1. The van der Waals surface area contributed by atoms with Crippen molar-refractivity contribution in [3.63, 3.8) is 0 Å². The van der Waals surface area contributed by atoms with E-state index >= 15 is 0 Å². The van der Waals surface area contributed by atoms with Crippen molar-refractivity contribution in [1.29, 1.82) is 5.26 Å². The number of carbonyl (C=O) groups is 1. The first-order valence-electron chi connectivity index (χ1n) is 5.41. The van der Waals surface area contributed by atoms with E-state index in [1.165, 1.54) is 12.1 Å². The van der Waals surface area contributed by atoms with Gasteiger partial charge in [-0.15, -0.1) is 0 Å². The van der Waals surface area contributed by atoms with E-state index in [2.05, 4.69) is 15.9 Å². The summed E-state index contributed by atoms with van der Waals surface area (Å²) in [5.41, 5.74) is 0.212. The lowest BCUT2D eigenvalue weighted by Crippen LogP contribution is -2.21. The number of allylic oxidation sites excluding steroid dienone is 1. The van der Waals surface area contributed by atoms with E-state index in [0.29, 0.717) is 10.0 Å². The minimum Gasteiger partial charge on any atom is -0.507 e. The van der Waals surface area contributed by atoms with Crippen molar-refractivity contribution in [3.05, 3.63) is 33.8 Å². The molecule has 0 spiro atoms. The summed E-state index contributed by atoms with van der Waals surface area (Å²) >= 11 is 3.19. The summed E-state index contributed by atoms with van der Waals surface area (Å²) in [6, 6.07) is 6.73. The maximum atomic E-state index is 12.0. The summed E-state index contributed by atoms with van der Waals surface area (Å²) in [5.74, 6) is -0.0815. The molecule has 0 aliphatic carbocycles. The Hall–Kier alpha value is -1.60. The third-order valence-corrected chi connectivity index (χ3v) is 2.96. The first-order chi connectivity index (χ1) is 8.25. The minimum absolute atomic E-state index is 0.111. The van der Waals surface area contributed by atoms with Gasteiger partial charge in [-0.2, -0.15) is 5.26 Å². The highest BCUT2D eigenvalue weighted by atomic mass is 79.9. The number of hydrogen-bond acceptors (Lipinski definition) is 3. The quantitative estimate of drug-likeness (QED) is 0.669. The van der Waals surface area contributed by atoms with Gasteiger partial charge in [0, 0.05) is 5.41 Å². The normalized spacial score (nSPS) is 12.1. The van der Waals surface area contributed by atoms with Gasteiger partial charge in [-0.05, 0) is 39.7 Å². The Morgan fingerprint density at radius 3 is 2.50 bits per heavy atom. The van der Waals surface area contributed by atoms with Crippen LogP contribution in [-0.4, -0.2) is 10.9 Å². The van der Waals surface area contributed by atoms with E-state index in [9.17, 15) is 9.90 Å². The van der Waals surface area contributed by atoms with E-state index in [1.54, 1.807) is 32.9 Å². The van der Waals surface area contributed by atoms with E-state index in [0.717, 1.165) is 0 Å². The Bertz CT molecular complexity index is 548. The molecule has 1 aromatic rings. The van der Waals surface area contributed by atoms with Gasteiger partial charge in [-0.25, -0.2) is 0 Å². The average Bonchev–Trinajstić information content (AvgIpc) is 2.28. The van der Waals surface area contributed by atoms with Crippen LogP contribution < -0.4 is 0 Å². The van der Waals surface area contributed by atoms with Gasteiger partial charge in [0.2, 0.25) is 0 Å². The molecule has 1 N–H and O–H groups in total. The van der Waals surface area contributed by atoms with Gasteiger partial charge in [0.15, 0.2) is 5.78 Å². The Morgan fingerprint density at radius 2 is 2.06 bits per heavy atom. The zero-order valence-electron chi connectivity index (χ0n) is 10.5. The van der Waals surface area contributed by atoms with Crippen LogP contribution in [0.25, 0.3) is 6.08 Å². The molecule has 1 aromatic carbocycles. The van der Waals surface area contributed by atoms with Crippen LogP contribution in [0.5, 0.6) is 5.75 Å². The van der Waals surface area contributed by atoms with Gasteiger partial charge in [0.05, 0.1) is 10.0 Å². The van der Waals surface area contributed by atoms with E-state index in [1.807, 2.05) is 6.07 Å². The predicted octanol–water partition coefficient (Wildman–Crippen LogP) is 3.68. The minimum atomic E-state index is -0.588. The number of halogens is 1. The molecule has 0 saturated heterocycles. The van der Waals surface area contributed by atoms with Crippen LogP contribution in [0.3, 0.4) is 0 Å². The smallest absolute Gasteiger partial charge is 0.178 e. The van der Waals surface area contributed by atoms with Crippen LogP contribution in [0, 0.1) is 16.7 Å². The molecule has 18 heavy (non-hydrogen) atoms. The molecule has 0 aromatic heterocycles. The first kappa shape index (κ1) is 14.5. The second-order valence-corrected chi connectivity index (χ2v) is 5.81. The molecular formula is C14H14BrNO2. The number of ketones is 1. The molecule has 0 saturated carbocycles. The van der Waals surface area contributed by atoms with Crippen LogP contribution >= 0.6 is 15.9 Å². The summed E-state index contributed by atoms with van der Waals surface area (Å²) in [4.78, 5) is 12.0. The zero-order valence-corrected chi connectivity index (χ0v) is 12.1. The molecule has 1 rings (SSSR count). The fraction of sp³-hybridized carbons (Fsp3) is 0.286. The van der Waals surface area contributed by atoms with Crippen LogP contribution in [-0.2, 0) is 4.79 Å². The van der Waals surface area contributed by atoms with Gasteiger partial charge in [0.1, 0.15) is 11.8 Å². The number of aromatic hydroxyl groups is 1. The second-order valence-electron chi connectivity index (χ2n) is 4.96. The van der Waals surface area contributed by atoms with Crippen LogP contribution in [0.15, 0.2) is 28.2 Å². The van der Waals surface area contributed by atoms with Gasteiger partial charge in [-0.3, -0.25) is 4.79 Å². The predicted molar refractivity (Wildman–Crippen MR) is 73.9 cm³/mol. The Morgan fingerprint density at radius 1 is 1.44 bits per heavy atom. The van der Waals surface area contributed by atoms with Gasteiger partial charge in [0.25, 0.3) is 0 Å². The number of phenolic OH excluding ortho intramolecular Hbond substituents is 1. The number of Topliss-reactive ketones (excluding diaryl/α,β-unsaturated/α-hetero) is 1. The molecule has 0 bridgehead atoms. The van der Waals surface area contributed by atoms with Crippen molar-refractivity contribution >= 4 is 27.8 Å². The average molecular weight is 308 g/mol. The molecule has 0 fully saturated rings. The topological polar surface area (TPSA) is 61.1 Å². The summed E-state index contributed by atoms with van der Waals surface area (Å²) < 4.78 is 0.525. The number of phenols is 1. The fourth-order valence-electron chi connectivity index (χ4n) is 1.33. The lowest BCUT2D eigenvalue weighted by Gasteiger charge is -2.15. The number of nitriles is 1. The number of nitrogens with zero attached hydrogens (tertiary/aromatic N) is 1. The lowest BCUT2D eigenvalue weighted by atomic mass is 9.86. The molecule has 0 heterocycles. The molecular weight excluding hydrogens is 294 g/mol. The highest BCUT2D eigenvalue weighted by Gasteiger charge is 2.24. The SMILES string of the molecule is CC(C)(C)C(=O)C(C#N)=Cc1ccc(O)c(Br)c1. The summed E-state index contributed by atoms with van der Waals surface area (Å²) in [6.45, 7) is 5.31. The van der Waals surface area contributed by atoms with Crippen LogP contribution in [0.1, 0.15) is 26.3 Å². The van der Waals surface area contributed by atoms with Crippen molar-refractivity contribution < 1.29 is 9.90 Å². The van der Waals surface area contributed by atoms with Gasteiger partial charge in [-0.1, -0.05) is 26.8 Å². The molecule has 3 nitrogen and oxygen atoms in total. The van der Waals surface area contributed by atoms with Crippen molar-refractivity contribution in [2.24, 2.45) is 5.41 Å². The summed E-state index contributed by atoms with van der Waals surface area (Å²) in [5, 5.41) is 18.4. The van der Waals surface area contributed by atoms with E-state index < -0.39 is 5.41 Å². The Balaban J connectivity index is 3.17. The number of hydrogen-bond donors (Lipinski definition) is 1. The molecule has 0 atom stereocenters. The fourth-order valence-corrected chi connectivity index (χ4v) is 1.73. The van der Waals surface area contributed by atoms with E-state index in [4.69, 9.17) is 5.26 Å². The standard InChI is InChI=1S/C14H14BrNO2/c1-14(2,3)13(18)10(8-16)6-9-4-5-12(17)11(15)7-9/h4-7,17H,1-3H3. The summed E-state index contributed by atoms with van der Waals surface area (Å²) in [7, 11) is 0. The van der Waals surface area contributed by atoms with Crippen LogP contribution in [0.4, 0.5) is 0 Å². The summed E-state index contributed by atoms with van der Waals surface area (Å²) in [6.07, 6.45) is 1.53. The maximum Gasteiger partial charge on any atom is 0.178 e. The Kier molecular flexibility index (Phi) is 4.31. The monoisotopic (exact) mass is 307 g/mol. The molecule has 0 aliphatic rings. The lowest BCUT2D eigenvalue weighted by molar-refractivity contribution is -0.121. The zero-order chi connectivity index (χ0) is 13.9. The van der Waals surface area contributed by atoms with Crippen molar-refractivity contribution in [2.45, 2.75) is 20.8 Å². The Labute approximate surface area is 115 Å². The highest BCUT2D eigenvalue weighted by Crippen LogP contribution is 2.26. The molecule has 4 heteroatoms. The van der Waals surface area contributed by atoms with Crippen molar-refractivity contribution in [2.75, 3.05) is 0 Å². The highest BCUT2D eigenvalue weighted by molar-refractivity contribution is 9.10. The van der Waals surface area contributed by atoms with Gasteiger partial charge >= 0.3 is 0 Å². The number of rotatable bonds is 2. The third-order valence-electron chi connectivity index (χ3n) is 2.33. The van der Waals surface area contributed by atoms with E-state index in [-0.39, 0.29) is 17.1 Å².